The molecule has 0 aliphatic carbocycles. The van der Waals surface area contributed by atoms with Gasteiger partial charge >= 0.3 is 0 Å². The van der Waals surface area contributed by atoms with E-state index in [-0.39, 0.29) is 18.2 Å². The van der Waals surface area contributed by atoms with E-state index in [9.17, 15) is 13.2 Å². The first-order chi connectivity index (χ1) is 9.17. The van der Waals surface area contributed by atoms with Gasteiger partial charge in [0, 0.05) is 23.0 Å². The minimum atomic E-state index is -3.00. The quantitative estimate of drug-likeness (QED) is 0.835. The molecule has 0 unspecified atom stereocenters. The zero-order valence-electron chi connectivity index (χ0n) is 11.8. The van der Waals surface area contributed by atoms with Crippen molar-refractivity contribution in [3.8, 4) is 0 Å². The molecule has 0 radical (unpaired) electrons. The van der Waals surface area contributed by atoms with E-state index in [1.54, 1.807) is 11.9 Å². The topological polar surface area (TPSA) is 66.5 Å². The number of halogens is 1. The molecule has 0 fully saturated rings. The molecule has 1 rings (SSSR count). The summed E-state index contributed by atoms with van der Waals surface area (Å²) in [6.07, 6.45) is 1.19. The van der Waals surface area contributed by atoms with Crippen LogP contribution >= 0.6 is 15.9 Å². The summed E-state index contributed by atoms with van der Waals surface area (Å²) in [4.78, 5) is 13.6. The van der Waals surface area contributed by atoms with Gasteiger partial charge < -0.3 is 5.32 Å². The van der Waals surface area contributed by atoms with Crippen molar-refractivity contribution in [3.63, 3.8) is 0 Å². The molecule has 0 saturated carbocycles. The Balaban J connectivity index is 2.51. The van der Waals surface area contributed by atoms with Gasteiger partial charge in [0.15, 0.2) is 0 Å². The van der Waals surface area contributed by atoms with Crippen molar-refractivity contribution >= 4 is 37.4 Å². The molecule has 1 amide bonds. The Kier molecular flexibility index (Phi) is 6.16. The highest BCUT2D eigenvalue weighted by atomic mass is 79.9. The monoisotopic (exact) mass is 362 g/mol. The van der Waals surface area contributed by atoms with Crippen LogP contribution in [0.4, 0.5) is 5.69 Å². The molecule has 0 aliphatic rings. The molecule has 112 valence electrons. The predicted octanol–water partition coefficient (Wildman–Crippen LogP) is 1.67. The summed E-state index contributed by atoms with van der Waals surface area (Å²) < 4.78 is 23.1. The van der Waals surface area contributed by atoms with Crippen LogP contribution in [0.25, 0.3) is 0 Å². The van der Waals surface area contributed by atoms with E-state index in [2.05, 4.69) is 21.2 Å². The Hall–Kier alpha value is -0.920. The van der Waals surface area contributed by atoms with Crippen LogP contribution in [0.3, 0.4) is 0 Å². The van der Waals surface area contributed by atoms with Gasteiger partial charge in [-0.1, -0.05) is 15.9 Å². The molecular formula is C13H19BrN2O3S. The molecule has 7 heteroatoms. The van der Waals surface area contributed by atoms with Crippen LogP contribution in [0.5, 0.6) is 0 Å². The maximum absolute atomic E-state index is 11.9. The summed E-state index contributed by atoms with van der Waals surface area (Å²) in [5, 5.41) is 2.81. The molecule has 0 aromatic heterocycles. The molecule has 5 nitrogen and oxygen atoms in total. The standard InChI is InChI=1S/C13H19BrN2O3S/c1-10-8-11(14)4-5-12(10)15-13(17)9-16(2)6-7-20(3,18)19/h4-5,8H,6-7,9H2,1-3H3,(H,15,17). The second-order valence-corrected chi connectivity index (χ2v) is 8.05. The van der Waals surface area contributed by atoms with Crippen LogP contribution in [-0.2, 0) is 14.6 Å². The van der Waals surface area contributed by atoms with Crippen LogP contribution in [0.1, 0.15) is 5.56 Å². The second-order valence-electron chi connectivity index (χ2n) is 4.88. The number of anilines is 1. The lowest BCUT2D eigenvalue weighted by molar-refractivity contribution is -0.117. The first kappa shape index (κ1) is 17.1. The number of rotatable bonds is 6. The van der Waals surface area contributed by atoms with Gasteiger partial charge in [0.2, 0.25) is 5.91 Å². The third kappa shape index (κ3) is 6.49. The van der Waals surface area contributed by atoms with E-state index in [0.717, 1.165) is 15.7 Å². The fourth-order valence-corrected chi connectivity index (χ4v) is 2.72. The summed E-state index contributed by atoms with van der Waals surface area (Å²) in [6, 6.07) is 5.60. The molecular weight excluding hydrogens is 344 g/mol. The summed E-state index contributed by atoms with van der Waals surface area (Å²) in [5.74, 6) is -0.111. The highest BCUT2D eigenvalue weighted by molar-refractivity contribution is 9.10. The van der Waals surface area contributed by atoms with E-state index in [1.807, 2.05) is 25.1 Å². The lowest BCUT2D eigenvalue weighted by Crippen LogP contribution is -2.33. The molecule has 0 saturated heterocycles. The van der Waals surface area contributed by atoms with Crippen molar-refractivity contribution in [1.29, 1.82) is 0 Å². The Morgan fingerprint density at radius 2 is 2.05 bits per heavy atom. The molecule has 20 heavy (non-hydrogen) atoms. The number of aryl methyl sites for hydroxylation is 1. The third-order valence-corrected chi connectivity index (χ3v) is 4.14. The van der Waals surface area contributed by atoms with Crippen LogP contribution < -0.4 is 5.32 Å². The molecule has 1 aromatic carbocycles. The first-order valence-corrected chi connectivity index (χ1v) is 8.95. The van der Waals surface area contributed by atoms with E-state index in [1.165, 1.54) is 6.26 Å². The van der Waals surface area contributed by atoms with Gasteiger partial charge in [-0.2, -0.15) is 0 Å². The molecule has 0 bridgehead atoms. The van der Waals surface area contributed by atoms with Gasteiger partial charge in [-0.25, -0.2) is 8.42 Å². The maximum Gasteiger partial charge on any atom is 0.238 e. The Labute approximate surface area is 128 Å². The number of hydrogen-bond donors (Lipinski definition) is 1. The largest absolute Gasteiger partial charge is 0.325 e. The SMILES string of the molecule is Cc1cc(Br)ccc1NC(=O)CN(C)CCS(C)(=O)=O. The fourth-order valence-electron chi connectivity index (χ4n) is 1.60. The fraction of sp³-hybridized carbons (Fsp3) is 0.462. The number of carbonyl (C=O) groups is 1. The highest BCUT2D eigenvalue weighted by Crippen LogP contribution is 2.19. The zero-order chi connectivity index (χ0) is 15.3. The lowest BCUT2D eigenvalue weighted by Gasteiger charge is -2.16. The van der Waals surface area contributed by atoms with Crippen molar-refractivity contribution < 1.29 is 13.2 Å². The number of hydrogen-bond acceptors (Lipinski definition) is 4. The Bertz CT molecular complexity index is 587. The second kappa shape index (κ2) is 7.19. The summed E-state index contributed by atoms with van der Waals surface area (Å²) in [5.41, 5.74) is 1.72. The lowest BCUT2D eigenvalue weighted by atomic mass is 10.2. The van der Waals surface area contributed by atoms with E-state index in [0.29, 0.717) is 6.54 Å². The molecule has 0 spiro atoms. The number of likely N-dealkylation sites (N-methyl/N-ethyl adjacent to an activating group) is 1. The molecule has 0 aliphatic heterocycles. The minimum Gasteiger partial charge on any atom is -0.325 e. The summed E-state index contributed by atoms with van der Waals surface area (Å²) in [7, 11) is -1.28. The van der Waals surface area contributed by atoms with Crippen molar-refractivity contribution in [1.82, 2.24) is 4.90 Å². The third-order valence-electron chi connectivity index (χ3n) is 2.72. The number of amides is 1. The molecule has 1 N–H and O–H groups in total. The van der Waals surface area contributed by atoms with Gasteiger partial charge in [0.05, 0.1) is 12.3 Å². The van der Waals surface area contributed by atoms with Crippen LogP contribution in [0.15, 0.2) is 22.7 Å². The van der Waals surface area contributed by atoms with E-state index >= 15 is 0 Å². The average molecular weight is 363 g/mol. The van der Waals surface area contributed by atoms with Crippen molar-refractivity contribution in [2.24, 2.45) is 0 Å². The highest BCUT2D eigenvalue weighted by Gasteiger charge is 2.10. The number of carbonyl (C=O) groups excluding carboxylic acids is 1. The number of nitrogens with zero attached hydrogens (tertiary/aromatic N) is 1. The Morgan fingerprint density at radius 3 is 2.60 bits per heavy atom. The van der Waals surface area contributed by atoms with Gasteiger partial charge in [-0.3, -0.25) is 9.69 Å². The maximum atomic E-state index is 11.9. The van der Waals surface area contributed by atoms with E-state index < -0.39 is 9.84 Å². The number of sulfone groups is 1. The van der Waals surface area contributed by atoms with Crippen LogP contribution in [0, 0.1) is 6.92 Å². The molecule has 0 atom stereocenters. The smallest absolute Gasteiger partial charge is 0.238 e. The predicted molar refractivity (Wildman–Crippen MR) is 84.7 cm³/mol. The van der Waals surface area contributed by atoms with E-state index in [4.69, 9.17) is 0 Å². The normalized spacial score (nSPS) is 11.7. The van der Waals surface area contributed by atoms with Crippen molar-refractivity contribution in [2.75, 3.05) is 37.5 Å². The van der Waals surface area contributed by atoms with Crippen LogP contribution in [-0.4, -0.2) is 51.4 Å². The van der Waals surface area contributed by atoms with Gasteiger partial charge in [-0.05, 0) is 37.7 Å². The molecule has 1 aromatic rings. The number of benzene rings is 1. The zero-order valence-corrected chi connectivity index (χ0v) is 14.2. The Morgan fingerprint density at radius 1 is 1.40 bits per heavy atom. The summed E-state index contributed by atoms with van der Waals surface area (Å²) in [6.45, 7) is 2.41. The molecule has 0 heterocycles. The summed E-state index contributed by atoms with van der Waals surface area (Å²) >= 11 is 3.36. The number of nitrogens with one attached hydrogen (secondary N) is 1. The minimum absolute atomic E-state index is 0.0497. The average Bonchev–Trinajstić information content (AvgIpc) is 2.29. The first-order valence-electron chi connectivity index (χ1n) is 6.09. The van der Waals surface area contributed by atoms with Crippen molar-refractivity contribution in [3.05, 3.63) is 28.2 Å². The van der Waals surface area contributed by atoms with Gasteiger partial charge in [-0.15, -0.1) is 0 Å². The van der Waals surface area contributed by atoms with Gasteiger partial charge in [0.1, 0.15) is 9.84 Å². The van der Waals surface area contributed by atoms with Crippen molar-refractivity contribution in [2.45, 2.75) is 6.92 Å². The van der Waals surface area contributed by atoms with Crippen LogP contribution in [0.2, 0.25) is 0 Å². The van der Waals surface area contributed by atoms with Gasteiger partial charge in [0.25, 0.3) is 0 Å².